The quantitative estimate of drug-likeness (QED) is 0.512. The number of anilines is 1. The summed E-state index contributed by atoms with van der Waals surface area (Å²) in [4.78, 5) is 41.0. The minimum atomic E-state index is -0.589. The van der Waals surface area contributed by atoms with Crippen LogP contribution in [0.15, 0.2) is 42.5 Å². The Balaban J connectivity index is 1.52. The van der Waals surface area contributed by atoms with Crippen LogP contribution in [0.25, 0.3) is 11.0 Å². The Morgan fingerprint density at radius 1 is 1.03 bits per heavy atom. The zero-order chi connectivity index (χ0) is 24.2. The van der Waals surface area contributed by atoms with Crippen LogP contribution in [0.4, 0.5) is 10.5 Å². The van der Waals surface area contributed by atoms with Gasteiger partial charge in [0.1, 0.15) is 11.4 Å². The van der Waals surface area contributed by atoms with E-state index in [0.29, 0.717) is 11.3 Å². The summed E-state index contributed by atoms with van der Waals surface area (Å²) in [6.07, 6.45) is -0.489. The van der Waals surface area contributed by atoms with E-state index in [1.54, 1.807) is 57.2 Å². The predicted octanol–water partition coefficient (Wildman–Crippen LogP) is 3.72. The Morgan fingerprint density at radius 3 is 2.36 bits per heavy atom. The molecule has 0 spiro atoms. The summed E-state index contributed by atoms with van der Waals surface area (Å²) in [6, 6.07) is 12.0. The summed E-state index contributed by atoms with van der Waals surface area (Å²) in [5.41, 5.74) is 7.63. The van der Waals surface area contributed by atoms with Gasteiger partial charge in [0.05, 0.1) is 17.5 Å². The van der Waals surface area contributed by atoms with E-state index in [1.165, 1.54) is 0 Å². The highest BCUT2D eigenvalue weighted by molar-refractivity contribution is 5.98. The zero-order valence-electron chi connectivity index (χ0n) is 19.5. The molecule has 0 fully saturated rings. The second kappa shape index (κ2) is 9.72. The van der Waals surface area contributed by atoms with Crippen molar-refractivity contribution in [2.45, 2.75) is 53.2 Å². The normalized spacial score (nSPS) is 11.2. The maximum atomic E-state index is 12.4. The minimum Gasteiger partial charge on any atom is -0.444 e. The standard InChI is InChI=1S/C24H29N5O4/c1-6-29-15(2)25-19-14-17(9-12-20(19)29)22(31)28-27-21(30)13-16-7-10-18(11-8-16)26-23(32)33-24(3,4)5/h7-12,14H,6,13H2,1-5H3,(H,26,32)(H,27,30)(H,28,31). The lowest BCUT2D eigenvalue weighted by Crippen LogP contribution is -2.42. The van der Waals surface area contributed by atoms with Crippen LogP contribution in [-0.4, -0.2) is 33.1 Å². The fourth-order valence-electron chi connectivity index (χ4n) is 3.35. The Hall–Kier alpha value is -3.88. The molecule has 2 aromatic carbocycles. The van der Waals surface area contributed by atoms with Gasteiger partial charge in [0.25, 0.3) is 5.91 Å². The van der Waals surface area contributed by atoms with Gasteiger partial charge in [-0.15, -0.1) is 0 Å². The number of amides is 3. The van der Waals surface area contributed by atoms with Gasteiger partial charge in [0.2, 0.25) is 5.91 Å². The summed E-state index contributed by atoms with van der Waals surface area (Å²) >= 11 is 0. The van der Waals surface area contributed by atoms with E-state index in [4.69, 9.17) is 4.74 Å². The molecule has 0 unspecified atom stereocenters. The van der Waals surface area contributed by atoms with E-state index in [-0.39, 0.29) is 12.3 Å². The second-order valence-electron chi connectivity index (χ2n) is 8.61. The van der Waals surface area contributed by atoms with Gasteiger partial charge >= 0.3 is 6.09 Å². The monoisotopic (exact) mass is 451 g/mol. The van der Waals surface area contributed by atoms with Crippen molar-refractivity contribution in [3.05, 3.63) is 59.4 Å². The van der Waals surface area contributed by atoms with E-state index in [0.717, 1.165) is 29.0 Å². The van der Waals surface area contributed by atoms with Crippen molar-refractivity contribution in [2.75, 3.05) is 5.32 Å². The molecule has 0 saturated heterocycles. The molecule has 3 N–H and O–H groups in total. The Labute approximate surface area is 192 Å². The molecule has 3 rings (SSSR count). The smallest absolute Gasteiger partial charge is 0.412 e. The molecule has 0 bridgehead atoms. The molecule has 3 amide bonds. The van der Waals surface area contributed by atoms with Crippen LogP contribution in [0.2, 0.25) is 0 Å². The first kappa shape index (κ1) is 23.8. The summed E-state index contributed by atoms with van der Waals surface area (Å²) in [6.45, 7) is 10.1. The first-order valence-electron chi connectivity index (χ1n) is 10.7. The average Bonchev–Trinajstić information content (AvgIpc) is 3.06. The third-order valence-corrected chi connectivity index (χ3v) is 4.80. The van der Waals surface area contributed by atoms with Crippen LogP contribution in [0, 0.1) is 6.92 Å². The summed E-state index contributed by atoms with van der Waals surface area (Å²) < 4.78 is 7.27. The number of benzene rings is 2. The summed E-state index contributed by atoms with van der Waals surface area (Å²) in [7, 11) is 0. The van der Waals surface area contributed by atoms with Crippen molar-refractivity contribution >= 4 is 34.6 Å². The van der Waals surface area contributed by atoms with Crippen LogP contribution in [0.1, 0.15) is 49.4 Å². The highest BCUT2D eigenvalue weighted by Gasteiger charge is 2.16. The molecule has 9 heteroatoms. The van der Waals surface area contributed by atoms with E-state index < -0.39 is 17.6 Å². The third-order valence-electron chi connectivity index (χ3n) is 4.80. The number of imidazole rings is 1. The molecular formula is C24H29N5O4. The van der Waals surface area contributed by atoms with Gasteiger partial charge in [0, 0.05) is 17.8 Å². The number of hydrogen-bond donors (Lipinski definition) is 3. The number of aromatic nitrogens is 2. The van der Waals surface area contributed by atoms with Crippen molar-refractivity contribution in [3.63, 3.8) is 0 Å². The molecule has 174 valence electrons. The fraction of sp³-hybridized carbons (Fsp3) is 0.333. The lowest BCUT2D eigenvalue weighted by molar-refractivity contribution is -0.121. The lowest BCUT2D eigenvalue weighted by atomic mass is 10.1. The van der Waals surface area contributed by atoms with Gasteiger partial charge in [-0.25, -0.2) is 9.78 Å². The highest BCUT2D eigenvalue weighted by Crippen LogP contribution is 2.18. The average molecular weight is 452 g/mol. The van der Waals surface area contributed by atoms with Gasteiger partial charge < -0.3 is 9.30 Å². The molecule has 1 aromatic heterocycles. The number of carbonyl (C=O) groups is 3. The van der Waals surface area contributed by atoms with Crippen LogP contribution >= 0.6 is 0 Å². The summed E-state index contributed by atoms with van der Waals surface area (Å²) in [5.74, 6) is 0.0833. The Morgan fingerprint density at radius 2 is 1.73 bits per heavy atom. The van der Waals surface area contributed by atoms with Crippen LogP contribution in [0.3, 0.4) is 0 Å². The van der Waals surface area contributed by atoms with E-state index >= 15 is 0 Å². The number of hydrogen-bond acceptors (Lipinski definition) is 5. The number of ether oxygens (including phenoxy) is 1. The molecule has 0 radical (unpaired) electrons. The molecule has 33 heavy (non-hydrogen) atoms. The lowest BCUT2D eigenvalue weighted by Gasteiger charge is -2.19. The van der Waals surface area contributed by atoms with Gasteiger partial charge in [-0.3, -0.25) is 25.8 Å². The molecule has 3 aromatic rings. The van der Waals surface area contributed by atoms with Crippen molar-refractivity contribution in [2.24, 2.45) is 0 Å². The van der Waals surface area contributed by atoms with Crippen LogP contribution in [-0.2, 0) is 22.5 Å². The van der Waals surface area contributed by atoms with Crippen LogP contribution in [0.5, 0.6) is 0 Å². The van der Waals surface area contributed by atoms with Crippen molar-refractivity contribution in [1.82, 2.24) is 20.4 Å². The predicted molar refractivity (Wildman–Crippen MR) is 126 cm³/mol. The third kappa shape index (κ3) is 6.31. The molecule has 0 saturated carbocycles. The van der Waals surface area contributed by atoms with Gasteiger partial charge in [0.15, 0.2) is 0 Å². The maximum Gasteiger partial charge on any atom is 0.412 e. The van der Waals surface area contributed by atoms with Gasteiger partial charge in [-0.2, -0.15) is 0 Å². The first-order chi connectivity index (χ1) is 15.6. The number of rotatable bonds is 5. The number of nitrogens with zero attached hydrogens (tertiary/aromatic N) is 2. The molecule has 9 nitrogen and oxygen atoms in total. The number of aryl methyl sites for hydroxylation is 2. The molecule has 0 atom stereocenters. The first-order valence-corrected chi connectivity index (χ1v) is 10.7. The van der Waals surface area contributed by atoms with Crippen molar-refractivity contribution < 1.29 is 19.1 Å². The van der Waals surface area contributed by atoms with Crippen LogP contribution < -0.4 is 16.2 Å². The fourth-order valence-corrected chi connectivity index (χ4v) is 3.35. The zero-order valence-corrected chi connectivity index (χ0v) is 19.5. The van der Waals surface area contributed by atoms with E-state index in [2.05, 4.69) is 25.7 Å². The Kier molecular flexibility index (Phi) is 7.01. The second-order valence-corrected chi connectivity index (χ2v) is 8.61. The largest absolute Gasteiger partial charge is 0.444 e. The molecule has 0 aliphatic carbocycles. The molecule has 0 aliphatic rings. The number of hydrazine groups is 1. The highest BCUT2D eigenvalue weighted by atomic mass is 16.6. The minimum absolute atomic E-state index is 0.0616. The van der Waals surface area contributed by atoms with E-state index in [1.807, 2.05) is 19.9 Å². The van der Waals surface area contributed by atoms with Crippen molar-refractivity contribution in [1.29, 1.82) is 0 Å². The summed E-state index contributed by atoms with van der Waals surface area (Å²) in [5, 5.41) is 2.63. The molecular weight excluding hydrogens is 422 g/mol. The Bertz CT molecular complexity index is 1180. The van der Waals surface area contributed by atoms with Gasteiger partial charge in [-0.1, -0.05) is 12.1 Å². The van der Waals surface area contributed by atoms with E-state index in [9.17, 15) is 14.4 Å². The maximum absolute atomic E-state index is 12.4. The number of nitrogens with one attached hydrogen (secondary N) is 3. The number of carbonyl (C=O) groups excluding carboxylic acids is 3. The topological polar surface area (TPSA) is 114 Å². The van der Waals surface area contributed by atoms with Gasteiger partial charge in [-0.05, 0) is 70.5 Å². The van der Waals surface area contributed by atoms with Crippen molar-refractivity contribution in [3.8, 4) is 0 Å². The molecule has 0 aliphatic heterocycles. The SMILES string of the molecule is CCn1c(C)nc2cc(C(=O)NNC(=O)Cc3ccc(NC(=O)OC(C)(C)C)cc3)ccc21. The molecule has 1 heterocycles. The number of fused-ring (bicyclic) bond motifs is 1.